The first-order valence-electron chi connectivity index (χ1n) is 5.85. The molecule has 1 aromatic rings. The molecule has 1 fully saturated rings. The van der Waals surface area contributed by atoms with Crippen molar-refractivity contribution in [2.45, 2.75) is 12.6 Å². The van der Waals surface area contributed by atoms with Gasteiger partial charge in [0.05, 0.1) is 31.6 Å². The summed E-state index contributed by atoms with van der Waals surface area (Å²) in [4.78, 5) is 14.8. The normalized spacial score (nSPS) is 19.7. The van der Waals surface area contributed by atoms with E-state index in [2.05, 4.69) is 10.3 Å². The van der Waals surface area contributed by atoms with Crippen molar-refractivity contribution in [3.05, 3.63) is 29.6 Å². The highest BCUT2D eigenvalue weighted by Crippen LogP contribution is 2.01. The van der Waals surface area contributed by atoms with E-state index in [0.717, 1.165) is 0 Å². The molecule has 0 aromatic carbocycles. The van der Waals surface area contributed by atoms with Crippen LogP contribution >= 0.6 is 0 Å². The van der Waals surface area contributed by atoms with E-state index in [4.69, 9.17) is 14.6 Å². The Hall–Kier alpha value is -1.50. The molecule has 1 aromatic heterocycles. The minimum Gasteiger partial charge on any atom is -0.477 e. The summed E-state index contributed by atoms with van der Waals surface area (Å²) in [5.41, 5.74) is 0.762. The Kier molecular flexibility index (Phi) is 4.63. The van der Waals surface area contributed by atoms with Gasteiger partial charge in [0, 0.05) is 13.1 Å². The van der Waals surface area contributed by atoms with Gasteiger partial charge in [-0.25, -0.2) is 9.78 Å². The van der Waals surface area contributed by atoms with Crippen molar-refractivity contribution in [3.8, 4) is 0 Å². The van der Waals surface area contributed by atoms with Crippen molar-refractivity contribution in [3.63, 3.8) is 0 Å². The van der Waals surface area contributed by atoms with E-state index < -0.39 is 5.97 Å². The van der Waals surface area contributed by atoms with Crippen LogP contribution in [0.15, 0.2) is 18.2 Å². The van der Waals surface area contributed by atoms with E-state index in [1.54, 1.807) is 12.1 Å². The lowest BCUT2D eigenvalue weighted by atomic mass is 10.3. The van der Waals surface area contributed by atoms with Crippen LogP contribution in [0.1, 0.15) is 16.2 Å². The summed E-state index contributed by atoms with van der Waals surface area (Å²) in [6, 6.07) is 4.95. The molecule has 18 heavy (non-hydrogen) atoms. The van der Waals surface area contributed by atoms with Crippen LogP contribution in [-0.2, 0) is 16.0 Å². The van der Waals surface area contributed by atoms with Crippen LogP contribution in [0.25, 0.3) is 0 Å². The molecular formula is C12H16N2O4. The first kappa shape index (κ1) is 12.9. The minimum atomic E-state index is -1.01. The number of aromatic nitrogens is 1. The molecular weight excluding hydrogens is 236 g/mol. The zero-order valence-corrected chi connectivity index (χ0v) is 9.96. The molecule has 0 aliphatic carbocycles. The number of nitrogens with zero attached hydrogens (tertiary/aromatic N) is 1. The number of hydrogen-bond acceptors (Lipinski definition) is 5. The van der Waals surface area contributed by atoms with Gasteiger partial charge in [-0.3, -0.25) is 0 Å². The van der Waals surface area contributed by atoms with Crippen LogP contribution in [0.5, 0.6) is 0 Å². The SMILES string of the molecule is O=C(O)c1cccc(CNCC2COCCO2)n1. The monoisotopic (exact) mass is 252 g/mol. The van der Waals surface area contributed by atoms with Crippen LogP contribution in [0, 0.1) is 0 Å². The fraction of sp³-hybridized carbons (Fsp3) is 0.500. The Morgan fingerprint density at radius 2 is 2.39 bits per heavy atom. The number of nitrogens with one attached hydrogen (secondary N) is 1. The van der Waals surface area contributed by atoms with Crippen LogP contribution in [0.3, 0.4) is 0 Å². The number of carboxylic acids is 1. The van der Waals surface area contributed by atoms with Crippen molar-refractivity contribution in [2.24, 2.45) is 0 Å². The van der Waals surface area contributed by atoms with Gasteiger partial charge in [-0.05, 0) is 12.1 Å². The van der Waals surface area contributed by atoms with Gasteiger partial charge in [0.15, 0.2) is 0 Å². The molecule has 1 unspecified atom stereocenters. The molecule has 0 bridgehead atoms. The molecule has 6 heteroatoms. The van der Waals surface area contributed by atoms with Gasteiger partial charge in [-0.15, -0.1) is 0 Å². The maximum absolute atomic E-state index is 10.8. The standard InChI is InChI=1S/C12H16N2O4/c15-12(16)11-3-1-2-9(14-11)6-13-7-10-8-17-4-5-18-10/h1-3,10,13H,4-8H2,(H,15,16). The third kappa shape index (κ3) is 3.76. The average Bonchev–Trinajstić information content (AvgIpc) is 2.40. The maximum atomic E-state index is 10.8. The molecule has 0 saturated carbocycles. The second-order valence-corrected chi connectivity index (χ2v) is 4.02. The third-order valence-electron chi connectivity index (χ3n) is 2.59. The molecule has 98 valence electrons. The van der Waals surface area contributed by atoms with Crippen molar-refractivity contribution >= 4 is 5.97 Å². The van der Waals surface area contributed by atoms with Crippen LogP contribution in [-0.4, -0.2) is 48.5 Å². The number of ether oxygens (including phenoxy) is 2. The quantitative estimate of drug-likeness (QED) is 0.783. The van der Waals surface area contributed by atoms with Gasteiger partial charge in [-0.2, -0.15) is 0 Å². The Morgan fingerprint density at radius 3 is 3.11 bits per heavy atom. The highest BCUT2D eigenvalue weighted by Gasteiger charge is 2.13. The molecule has 6 nitrogen and oxygen atoms in total. The first-order chi connectivity index (χ1) is 8.75. The van der Waals surface area contributed by atoms with Gasteiger partial charge in [0.25, 0.3) is 0 Å². The lowest BCUT2D eigenvalue weighted by Gasteiger charge is -2.23. The summed E-state index contributed by atoms with van der Waals surface area (Å²) < 4.78 is 10.8. The van der Waals surface area contributed by atoms with Gasteiger partial charge in [0.1, 0.15) is 5.69 Å². The molecule has 2 rings (SSSR count). The zero-order chi connectivity index (χ0) is 12.8. The average molecular weight is 252 g/mol. The molecule has 0 radical (unpaired) electrons. The van der Waals surface area contributed by atoms with Crippen LogP contribution < -0.4 is 5.32 Å². The summed E-state index contributed by atoms with van der Waals surface area (Å²) in [5.74, 6) is -1.01. The highest BCUT2D eigenvalue weighted by molar-refractivity contribution is 5.85. The number of hydrogen-bond donors (Lipinski definition) is 2. The Labute approximate surface area is 105 Å². The third-order valence-corrected chi connectivity index (χ3v) is 2.59. The lowest BCUT2D eigenvalue weighted by molar-refractivity contribution is -0.0864. The van der Waals surface area contributed by atoms with Gasteiger partial charge in [-0.1, -0.05) is 6.07 Å². The van der Waals surface area contributed by atoms with Gasteiger partial charge in [0.2, 0.25) is 0 Å². The van der Waals surface area contributed by atoms with Crippen molar-refractivity contribution in [1.82, 2.24) is 10.3 Å². The van der Waals surface area contributed by atoms with Crippen LogP contribution in [0.2, 0.25) is 0 Å². The summed E-state index contributed by atoms with van der Waals surface area (Å²) in [6.45, 7) is 3.05. The van der Waals surface area contributed by atoms with E-state index in [1.165, 1.54) is 6.07 Å². The summed E-state index contributed by atoms with van der Waals surface area (Å²) >= 11 is 0. The molecule has 1 atom stereocenters. The summed E-state index contributed by atoms with van der Waals surface area (Å²) in [7, 11) is 0. The fourth-order valence-corrected chi connectivity index (χ4v) is 1.71. The molecule has 2 heterocycles. The van der Waals surface area contributed by atoms with E-state index in [-0.39, 0.29) is 11.8 Å². The predicted octanol–water partition coefficient (Wildman–Crippen LogP) is 0.285. The Morgan fingerprint density at radius 1 is 1.50 bits per heavy atom. The summed E-state index contributed by atoms with van der Waals surface area (Å²) in [6.07, 6.45) is 0.0569. The molecule has 1 saturated heterocycles. The zero-order valence-electron chi connectivity index (χ0n) is 9.96. The molecule has 0 spiro atoms. The Balaban J connectivity index is 1.78. The van der Waals surface area contributed by atoms with E-state index >= 15 is 0 Å². The Bertz CT molecular complexity index is 405. The summed E-state index contributed by atoms with van der Waals surface area (Å²) in [5, 5.41) is 12.0. The predicted molar refractivity (Wildman–Crippen MR) is 63.5 cm³/mol. The van der Waals surface area contributed by atoms with E-state index in [0.29, 0.717) is 38.6 Å². The number of carbonyl (C=O) groups is 1. The second kappa shape index (κ2) is 6.44. The number of aromatic carboxylic acids is 1. The maximum Gasteiger partial charge on any atom is 0.354 e. The van der Waals surface area contributed by atoms with Gasteiger partial charge >= 0.3 is 5.97 Å². The minimum absolute atomic E-state index is 0.0569. The first-order valence-corrected chi connectivity index (χ1v) is 5.85. The largest absolute Gasteiger partial charge is 0.477 e. The smallest absolute Gasteiger partial charge is 0.354 e. The molecule has 0 amide bonds. The lowest BCUT2D eigenvalue weighted by Crippen LogP contribution is -2.37. The molecule has 2 N–H and O–H groups in total. The highest BCUT2D eigenvalue weighted by atomic mass is 16.6. The van der Waals surface area contributed by atoms with E-state index in [1.807, 2.05) is 0 Å². The number of carboxylic acid groups (broad SMARTS) is 1. The second-order valence-electron chi connectivity index (χ2n) is 4.02. The molecule has 1 aliphatic rings. The van der Waals surface area contributed by atoms with Crippen molar-refractivity contribution in [1.29, 1.82) is 0 Å². The topological polar surface area (TPSA) is 80.7 Å². The molecule has 1 aliphatic heterocycles. The van der Waals surface area contributed by atoms with Crippen molar-refractivity contribution in [2.75, 3.05) is 26.4 Å². The van der Waals surface area contributed by atoms with Gasteiger partial charge < -0.3 is 19.9 Å². The fourth-order valence-electron chi connectivity index (χ4n) is 1.71. The number of rotatable bonds is 5. The number of pyridine rings is 1. The van der Waals surface area contributed by atoms with Crippen molar-refractivity contribution < 1.29 is 19.4 Å². The van der Waals surface area contributed by atoms with E-state index in [9.17, 15) is 4.79 Å². The van der Waals surface area contributed by atoms with Crippen LogP contribution in [0.4, 0.5) is 0 Å².